The smallest absolute Gasteiger partial charge is 0.744 e. The number of nitrogens with one attached hydrogen (secondary N) is 6. The van der Waals surface area contributed by atoms with E-state index in [1.165, 1.54) is 98.8 Å². The fraction of sp³-hybridized carbons (Fsp3) is 0.0392. The van der Waals surface area contributed by atoms with E-state index < -0.39 is 153 Å². The van der Waals surface area contributed by atoms with Crippen LogP contribution in [-0.2, 0) is 60.7 Å². The summed E-state index contributed by atoms with van der Waals surface area (Å²) in [6, 6.07) is 21.2. The van der Waals surface area contributed by atoms with Crippen molar-refractivity contribution >= 4 is 146 Å². The molecule has 29 nitrogen and oxygen atoms in total. The van der Waals surface area contributed by atoms with Crippen LogP contribution in [0.15, 0.2) is 163 Å². The van der Waals surface area contributed by atoms with Crippen LogP contribution in [0.25, 0.3) is 21.5 Å². The van der Waals surface area contributed by atoms with E-state index in [9.17, 15) is 102 Å². The van der Waals surface area contributed by atoms with Crippen LogP contribution in [-0.4, -0.2) is 107 Å². The Kier molecular flexibility index (Phi) is 27.8. The maximum absolute atomic E-state index is 13.6. The van der Waals surface area contributed by atoms with Gasteiger partial charge in [0.05, 0.1) is 40.7 Å². The molecule has 0 spiro atoms. The van der Waals surface area contributed by atoms with Gasteiger partial charge in [-0.2, -0.15) is 0 Å². The molecular weight excluding hydrogens is 1370 g/mol. The van der Waals surface area contributed by atoms with Gasteiger partial charge in [0.2, 0.25) is 0 Å². The zero-order valence-corrected chi connectivity index (χ0v) is 62.9. The minimum Gasteiger partial charge on any atom is -0.744 e. The van der Waals surface area contributed by atoms with Gasteiger partial charge in [0.1, 0.15) is 60.7 Å². The molecule has 0 saturated heterocycles. The number of urea groups is 1. The number of aryl methyl sites for hydroxylation is 2. The number of rotatable bonds is 16. The quantitative estimate of drug-likeness (QED) is 0.0386. The molecular formula is C51H34N6Na5O23S6-. The van der Waals surface area contributed by atoms with E-state index in [1.54, 1.807) is 0 Å². The predicted octanol–water partition coefficient (Wildman–Crippen LogP) is -10.3. The maximum atomic E-state index is 13.6. The monoisotopic (exact) mass is 1400 g/mol. The van der Waals surface area contributed by atoms with E-state index in [-0.39, 0.29) is 205 Å². The Balaban J connectivity index is 0.00000432. The molecule has 0 fully saturated rings. The molecule has 8 aromatic carbocycles. The summed E-state index contributed by atoms with van der Waals surface area (Å²) in [5, 5.41) is 11.0. The fourth-order valence-electron chi connectivity index (χ4n) is 8.46. The van der Waals surface area contributed by atoms with Gasteiger partial charge in [0.15, 0.2) is 0 Å². The van der Waals surface area contributed by atoms with Crippen molar-refractivity contribution in [1.82, 2.24) is 0 Å². The van der Waals surface area contributed by atoms with Gasteiger partial charge in [-0.3, -0.25) is 19.2 Å². The summed E-state index contributed by atoms with van der Waals surface area (Å²) in [5.74, 6) is -3.71. The molecule has 0 aliphatic carbocycles. The first-order valence-electron chi connectivity index (χ1n) is 23.5. The van der Waals surface area contributed by atoms with Gasteiger partial charge in [-0.15, -0.1) is 0 Å². The molecule has 0 heterocycles. The van der Waals surface area contributed by atoms with Crippen LogP contribution in [0.2, 0.25) is 0 Å². The third-order valence-electron chi connectivity index (χ3n) is 12.4. The Bertz CT molecular complexity index is 4740. The number of carbonyl (C=O) groups is 5. The Morgan fingerprint density at radius 1 is 0.308 bits per heavy atom. The number of fused-ring (bicyclic) bond motifs is 2. The van der Waals surface area contributed by atoms with E-state index in [0.29, 0.717) is 35.4 Å². The van der Waals surface area contributed by atoms with E-state index >= 15 is 0 Å². The largest absolute Gasteiger partial charge is 1.00 e. The van der Waals surface area contributed by atoms with Crippen LogP contribution in [0.4, 0.5) is 38.9 Å². The van der Waals surface area contributed by atoms with Crippen LogP contribution in [0.1, 0.15) is 52.6 Å². The van der Waals surface area contributed by atoms with Crippen LogP contribution >= 0.6 is 0 Å². The van der Waals surface area contributed by atoms with Gasteiger partial charge in [0.25, 0.3) is 23.6 Å². The Hall–Kier alpha value is -4.11. The van der Waals surface area contributed by atoms with Crippen molar-refractivity contribution in [3.63, 3.8) is 0 Å². The minimum atomic E-state index is -5.75. The van der Waals surface area contributed by atoms with Crippen LogP contribution in [0, 0.1) is 13.8 Å². The average Bonchev–Trinajstić information content (AvgIpc) is 0.772. The van der Waals surface area contributed by atoms with Crippen molar-refractivity contribution in [3.05, 3.63) is 167 Å². The minimum absolute atomic E-state index is 0. The summed E-state index contributed by atoms with van der Waals surface area (Å²) in [7, 11) is -33.7. The second kappa shape index (κ2) is 31.2. The molecule has 6 N–H and O–H groups in total. The summed E-state index contributed by atoms with van der Waals surface area (Å²) in [4.78, 5) is 59.6. The van der Waals surface area contributed by atoms with E-state index in [2.05, 4.69) is 31.9 Å². The van der Waals surface area contributed by atoms with Crippen LogP contribution < -0.4 is 180 Å². The molecule has 0 aliphatic rings. The van der Waals surface area contributed by atoms with Crippen molar-refractivity contribution in [3.8, 4) is 0 Å². The van der Waals surface area contributed by atoms with Crippen molar-refractivity contribution in [2.75, 3.05) is 31.9 Å². The van der Waals surface area contributed by atoms with Gasteiger partial charge in [-0.1, -0.05) is 24.3 Å². The molecule has 8 aromatic rings. The van der Waals surface area contributed by atoms with Crippen LogP contribution in [0.3, 0.4) is 0 Å². The number of anilines is 6. The first-order valence-corrected chi connectivity index (χ1v) is 31.9. The zero-order valence-electron chi connectivity index (χ0n) is 48.0. The first-order chi connectivity index (χ1) is 39.8. The van der Waals surface area contributed by atoms with Gasteiger partial charge < -0.3 is 59.2 Å². The van der Waals surface area contributed by atoms with Crippen molar-refractivity contribution in [1.29, 1.82) is 0 Å². The molecule has 40 heteroatoms. The standard InChI is InChI=1S/C51H40N6O23S6.5Na/c1-25-9-11-29(49(60)54-37-13-15-41(83(69,70)71)35-21-33(81(63,64)65)23-43(45(35)37)85(75,76)77)19-39(25)56-47(58)27-5-3-7-31(17-27)52-51(62)53-32-8-4-6-28(18-32)48(59)57-40-20-30(12-10-26(40)2)50(61)55-38-14-16-42(84(72,73)74)36-22-34(82(66,67)68)24-44(46(36)38)86(78,79)80;;;;;/h3-24H,1-2H3,(H,54,60)(H,55,61)(H,56,58)(H,57,59)(H2,52,53,62)(H,63,64,65)(H,66,67,68)(H,69,70,71)(H,72,73,74)(H,75,76,77)(H,78,79,80);;;;;/q;5*+1/p-6. The van der Waals surface area contributed by atoms with Crippen molar-refractivity contribution in [2.24, 2.45) is 0 Å². The number of hydrogen-bond donors (Lipinski definition) is 6. The molecule has 6 amide bonds. The van der Waals surface area contributed by atoms with Gasteiger partial charge >= 0.3 is 154 Å². The maximum Gasteiger partial charge on any atom is 1.00 e. The first kappa shape index (κ1) is 81.1. The number of carbonyl (C=O) groups excluding carboxylic acids is 5. The van der Waals surface area contributed by atoms with Gasteiger partial charge in [0, 0.05) is 66.5 Å². The van der Waals surface area contributed by atoms with E-state index in [0.717, 1.165) is 12.1 Å². The normalized spacial score (nSPS) is 11.6. The topological polar surface area (TPSA) is 501 Å². The molecule has 0 atom stereocenters. The third-order valence-corrected chi connectivity index (χ3v) is 17.6. The van der Waals surface area contributed by atoms with Gasteiger partial charge in [-0.05, 0) is 134 Å². The summed E-state index contributed by atoms with van der Waals surface area (Å²) < 4.78 is 218. The SMILES string of the molecule is Cc1ccc(C(=O)Nc2ccc(S(=O)(=O)[O-])c3cc(S(=O)(=O)[O-])cc(S(=O)(=O)[O-])c23)cc1NC(=O)c1cccc(NC(=O)Nc2cccc(C(=O)Nc3cc(C(=O)Nc4ccc(S(=O)(=O)[O-])c5cc(S(=O)(=O)[O-])cc(S(=O)(=O)[O-])c45)ccc3C)c2)c1.[Na+].[Na+].[Na+].[Na+].[Na+]. The second-order valence-electron chi connectivity index (χ2n) is 18.3. The molecule has 448 valence electrons. The number of amides is 6. The fourth-order valence-corrected chi connectivity index (χ4v) is 12.5. The summed E-state index contributed by atoms with van der Waals surface area (Å²) >= 11 is 0. The molecule has 91 heavy (non-hydrogen) atoms. The van der Waals surface area contributed by atoms with Crippen molar-refractivity contribution in [2.45, 2.75) is 43.2 Å². The van der Waals surface area contributed by atoms with Crippen molar-refractivity contribution < 1.29 is 250 Å². The summed E-state index contributed by atoms with van der Waals surface area (Å²) in [6.45, 7) is 3.07. The molecule has 0 unspecified atom stereocenters. The number of hydrogen-bond acceptors (Lipinski definition) is 23. The van der Waals surface area contributed by atoms with E-state index in [4.69, 9.17) is 0 Å². The summed E-state index contributed by atoms with van der Waals surface area (Å²) in [5.41, 5.74) is -0.846. The zero-order chi connectivity index (χ0) is 63.4. The third kappa shape index (κ3) is 19.5. The van der Waals surface area contributed by atoms with Gasteiger partial charge in [-0.25, -0.2) is 55.3 Å². The molecule has 0 aliphatic heterocycles. The second-order valence-corrected chi connectivity index (χ2v) is 26.4. The average molecular weight is 1410 g/mol. The van der Waals surface area contributed by atoms with E-state index in [1.807, 2.05) is 0 Å². The molecule has 0 saturated carbocycles. The molecule has 0 bridgehead atoms. The molecule has 8 rings (SSSR count). The Morgan fingerprint density at radius 2 is 0.604 bits per heavy atom. The Morgan fingerprint density at radius 3 is 0.901 bits per heavy atom. The predicted molar refractivity (Wildman–Crippen MR) is 295 cm³/mol. The molecule has 0 aromatic heterocycles. The summed E-state index contributed by atoms with van der Waals surface area (Å²) in [6.07, 6.45) is 0. The number of benzene rings is 8. The van der Waals surface area contributed by atoms with Crippen LogP contribution in [0.5, 0.6) is 0 Å². The Labute approximate surface area is 629 Å². The molecule has 0 radical (unpaired) electrons.